The Balaban J connectivity index is 2.24. The zero-order valence-corrected chi connectivity index (χ0v) is 11.4. The largest absolute Gasteiger partial charge is 0.393 e. The van der Waals surface area contributed by atoms with Crippen LogP contribution in [0, 0.1) is 6.92 Å². The molecule has 0 bridgehead atoms. The Labute approximate surface area is 112 Å². The van der Waals surface area contributed by atoms with Crippen LogP contribution in [0.4, 0.5) is 5.95 Å². The van der Waals surface area contributed by atoms with Gasteiger partial charge in [0.25, 0.3) is 0 Å². The highest BCUT2D eigenvalue weighted by Crippen LogP contribution is 2.19. The van der Waals surface area contributed by atoms with Crippen LogP contribution in [0.25, 0.3) is 16.7 Å². The average molecular weight is 253 g/mol. The van der Waals surface area contributed by atoms with Crippen LogP contribution in [-0.4, -0.2) is 16.6 Å². The van der Waals surface area contributed by atoms with Crippen LogP contribution >= 0.6 is 0 Å². The molecule has 4 nitrogen and oxygen atoms in total. The Kier molecular flexibility index (Phi) is 2.71. The first-order valence-electron chi connectivity index (χ1n) is 6.32. The van der Waals surface area contributed by atoms with Crippen LogP contribution in [0.15, 0.2) is 42.6 Å². The maximum Gasteiger partial charge on any atom is 0.393 e. The monoisotopic (exact) mass is 253 g/mol. The molecular formula is C15H17N4+. The second kappa shape index (κ2) is 4.39. The van der Waals surface area contributed by atoms with Crippen molar-refractivity contribution in [3.63, 3.8) is 0 Å². The van der Waals surface area contributed by atoms with Gasteiger partial charge in [-0.05, 0) is 19.1 Å². The first-order chi connectivity index (χ1) is 9.20. The standard InChI is InChI=1S/C15H16N4/c1-11-10-14(17-15(16-2)18(11)3)19-9-8-12-6-4-5-7-13(12)19/h4-10H,1-3H3/p+1. The molecule has 3 rings (SSSR count). The SMILES string of the molecule is CNc1nc(-n2ccc3ccccc32)cc(C)[n+]1C. The summed E-state index contributed by atoms with van der Waals surface area (Å²) in [6.45, 7) is 2.08. The fourth-order valence-corrected chi connectivity index (χ4v) is 2.30. The van der Waals surface area contributed by atoms with Crippen LogP contribution in [0.2, 0.25) is 0 Å². The molecule has 0 saturated carbocycles. The van der Waals surface area contributed by atoms with Crippen LogP contribution < -0.4 is 9.88 Å². The lowest BCUT2D eigenvalue weighted by Crippen LogP contribution is -2.36. The van der Waals surface area contributed by atoms with Crippen LogP contribution in [0.5, 0.6) is 0 Å². The van der Waals surface area contributed by atoms with Gasteiger partial charge in [0.1, 0.15) is 0 Å². The van der Waals surface area contributed by atoms with E-state index in [1.165, 1.54) is 10.9 Å². The van der Waals surface area contributed by atoms with Gasteiger partial charge in [-0.3, -0.25) is 9.88 Å². The van der Waals surface area contributed by atoms with E-state index in [2.05, 4.69) is 58.3 Å². The van der Waals surface area contributed by atoms with Crippen molar-refractivity contribution >= 4 is 16.9 Å². The van der Waals surface area contributed by atoms with E-state index in [1.54, 1.807) is 0 Å². The van der Waals surface area contributed by atoms with Gasteiger partial charge in [-0.1, -0.05) is 23.2 Å². The molecule has 0 aliphatic heterocycles. The van der Waals surface area contributed by atoms with Crippen molar-refractivity contribution in [1.82, 2.24) is 9.55 Å². The predicted molar refractivity (Wildman–Crippen MR) is 76.5 cm³/mol. The fourth-order valence-electron chi connectivity index (χ4n) is 2.30. The van der Waals surface area contributed by atoms with Crippen molar-refractivity contribution in [3.8, 4) is 5.82 Å². The molecule has 0 aliphatic carbocycles. The van der Waals surface area contributed by atoms with E-state index in [9.17, 15) is 0 Å². The first kappa shape index (κ1) is 11.7. The highest BCUT2D eigenvalue weighted by molar-refractivity contribution is 5.81. The van der Waals surface area contributed by atoms with Crippen LogP contribution in [0.3, 0.4) is 0 Å². The number of anilines is 1. The molecule has 0 atom stereocenters. The summed E-state index contributed by atoms with van der Waals surface area (Å²) in [4.78, 5) is 4.66. The van der Waals surface area contributed by atoms with Gasteiger partial charge in [0.15, 0.2) is 0 Å². The van der Waals surface area contributed by atoms with Gasteiger partial charge < -0.3 is 0 Å². The number of nitrogens with zero attached hydrogens (tertiary/aromatic N) is 3. The maximum absolute atomic E-state index is 4.66. The quantitative estimate of drug-likeness (QED) is 0.710. The summed E-state index contributed by atoms with van der Waals surface area (Å²) in [7, 11) is 3.89. The van der Waals surface area contributed by atoms with Gasteiger partial charge >= 0.3 is 5.95 Å². The third-order valence-electron chi connectivity index (χ3n) is 3.48. The number of para-hydroxylation sites is 1. The van der Waals surface area contributed by atoms with Crippen molar-refractivity contribution in [2.75, 3.05) is 12.4 Å². The normalized spacial score (nSPS) is 10.9. The van der Waals surface area contributed by atoms with Gasteiger partial charge in [-0.25, -0.2) is 4.57 Å². The van der Waals surface area contributed by atoms with E-state index in [1.807, 2.05) is 24.7 Å². The van der Waals surface area contributed by atoms with Gasteiger partial charge in [0.2, 0.25) is 5.82 Å². The highest BCUT2D eigenvalue weighted by Gasteiger charge is 2.14. The van der Waals surface area contributed by atoms with Crippen molar-refractivity contribution < 1.29 is 4.57 Å². The first-order valence-corrected chi connectivity index (χ1v) is 6.32. The minimum Gasteiger partial charge on any atom is -0.287 e. The van der Waals surface area contributed by atoms with Gasteiger partial charge in [0.05, 0.1) is 25.3 Å². The van der Waals surface area contributed by atoms with E-state index in [0.29, 0.717) is 0 Å². The molecular weight excluding hydrogens is 236 g/mol. The summed E-state index contributed by atoms with van der Waals surface area (Å²) >= 11 is 0. The molecule has 0 fully saturated rings. The van der Waals surface area contributed by atoms with Gasteiger partial charge in [0, 0.05) is 17.6 Å². The van der Waals surface area contributed by atoms with Crippen molar-refractivity contribution in [1.29, 1.82) is 0 Å². The summed E-state index contributed by atoms with van der Waals surface area (Å²) in [5, 5.41) is 4.35. The maximum atomic E-state index is 4.66. The Hall–Kier alpha value is -2.36. The van der Waals surface area contributed by atoms with E-state index in [0.717, 1.165) is 17.5 Å². The number of rotatable bonds is 2. The predicted octanol–water partition coefficient (Wildman–Crippen LogP) is 2.20. The lowest BCUT2D eigenvalue weighted by atomic mass is 10.2. The van der Waals surface area contributed by atoms with Crippen LogP contribution in [0.1, 0.15) is 5.69 Å². The topological polar surface area (TPSA) is 33.7 Å². The van der Waals surface area contributed by atoms with Gasteiger partial charge in [-0.15, -0.1) is 0 Å². The van der Waals surface area contributed by atoms with Crippen molar-refractivity contribution in [2.24, 2.45) is 7.05 Å². The average Bonchev–Trinajstić information content (AvgIpc) is 2.85. The number of benzene rings is 1. The fraction of sp³-hybridized carbons (Fsp3) is 0.200. The van der Waals surface area contributed by atoms with E-state index < -0.39 is 0 Å². The van der Waals surface area contributed by atoms with E-state index in [4.69, 9.17) is 0 Å². The number of hydrogen-bond acceptors (Lipinski definition) is 2. The third kappa shape index (κ3) is 1.85. The third-order valence-corrected chi connectivity index (χ3v) is 3.48. The number of hydrogen-bond donors (Lipinski definition) is 1. The molecule has 19 heavy (non-hydrogen) atoms. The summed E-state index contributed by atoms with van der Waals surface area (Å²) in [5.74, 6) is 1.79. The Bertz CT molecular complexity index is 743. The zero-order chi connectivity index (χ0) is 13.4. The molecule has 2 heterocycles. The van der Waals surface area contributed by atoms with Crippen molar-refractivity contribution in [3.05, 3.63) is 48.3 Å². The summed E-state index contributed by atoms with van der Waals surface area (Å²) in [6.07, 6.45) is 2.06. The van der Waals surface area contributed by atoms with Crippen molar-refractivity contribution in [2.45, 2.75) is 6.92 Å². The number of aryl methyl sites for hydroxylation is 1. The molecule has 0 aliphatic rings. The zero-order valence-electron chi connectivity index (χ0n) is 11.4. The minimum atomic E-state index is 0.854. The summed E-state index contributed by atoms with van der Waals surface area (Å²) in [5.41, 5.74) is 2.33. The summed E-state index contributed by atoms with van der Waals surface area (Å²) in [6, 6.07) is 12.5. The Morgan fingerprint density at radius 2 is 2.00 bits per heavy atom. The summed E-state index contributed by atoms with van der Waals surface area (Å²) < 4.78 is 4.15. The van der Waals surface area contributed by atoms with Crippen LogP contribution in [-0.2, 0) is 7.05 Å². The Morgan fingerprint density at radius 1 is 1.21 bits per heavy atom. The Morgan fingerprint density at radius 3 is 2.79 bits per heavy atom. The number of fused-ring (bicyclic) bond motifs is 1. The molecule has 2 aromatic heterocycles. The second-order valence-corrected chi connectivity index (χ2v) is 4.63. The molecule has 1 N–H and O–H groups in total. The lowest BCUT2D eigenvalue weighted by Gasteiger charge is -2.06. The molecule has 96 valence electrons. The highest BCUT2D eigenvalue weighted by atomic mass is 15.2. The number of nitrogens with one attached hydrogen (secondary N) is 1. The molecule has 0 radical (unpaired) electrons. The molecule has 0 saturated heterocycles. The lowest BCUT2D eigenvalue weighted by molar-refractivity contribution is -0.665. The minimum absolute atomic E-state index is 0.854. The van der Waals surface area contributed by atoms with Gasteiger partial charge in [-0.2, -0.15) is 0 Å². The second-order valence-electron chi connectivity index (χ2n) is 4.63. The smallest absolute Gasteiger partial charge is 0.287 e. The molecule has 3 aromatic rings. The van der Waals surface area contributed by atoms with E-state index in [-0.39, 0.29) is 0 Å². The molecule has 0 spiro atoms. The number of aromatic nitrogens is 3. The molecule has 0 unspecified atom stereocenters. The molecule has 1 aromatic carbocycles. The molecule has 4 heteroatoms. The van der Waals surface area contributed by atoms with E-state index >= 15 is 0 Å². The molecule has 0 amide bonds.